The van der Waals surface area contributed by atoms with Crippen molar-refractivity contribution in [2.75, 3.05) is 0 Å². The van der Waals surface area contributed by atoms with E-state index in [0.29, 0.717) is 0 Å². The first kappa shape index (κ1) is 13.9. The van der Waals surface area contributed by atoms with E-state index in [2.05, 4.69) is 0 Å². The van der Waals surface area contributed by atoms with Crippen LogP contribution in [0.15, 0.2) is 12.2 Å². The molecule has 0 aromatic rings. The molecule has 2 N–H and O–H groups in total. The second-order valence-corrected chi connectivity index (χ2v) is 4.87. The number of rotatable bonds is 3. The first-order valence-corrected chi connectivity index (χ1v) is 5.14. The lowest BCUT2D eigenvalue weighted by atomic mass is 9.66. The molecule has 0 aliphatic heterocycles. The lowest BCUT2D eigenvalue weighted by Crippen LogP contribution is -2.50. The van der Waals surface area contributed by atoms with Crippen LogP contribution in [0.3, 0.4) is 0 Å². The van der Waals surface area contributed by atoms with Crippen LogP contribution >= 0.6 is 11.6 Å². The summed E-state index contributed by atoms with van der Waals surface area (Å²) >= 11 is 4.85. The third-order valence-electron chi connectivity index (χ3n) is 3.06. The van der Waals surface area contributed by atoms with Crippen LogP contribution in [0.5, 0.6) is 0 Å². The summed E-state index contributed by atoms with van der Waals surface area (Å²) in [4.78, 5) is 22.0. The topological polar surface area (TPSA) is 74.6 Å². The molecule has 96 valence electrons. The van der Waals surface area contributed by atoms with Gasteiger partial charge in [0, 0.05) is 0 Å². The number of hydrogen-bond donors (Lipinski definition) is 2. The van der Waals surface area contributed by atoms with Gasteiger partial charge in [0.1, 0.15) is 0 Å². The fraction of sp³-hybridized carbons (Fsp3) is 0.600. The highest BCUT2D eigenvalue weighted by molar-refractivity contribution is 6.23. The third-order valence-corrected chi connectivity index (χ3v) is 3.42. The Labute approximate surface area is 101 Å². The standard InChI is InChI=1S/C10H11ClF2O4/c1-8(6(14)15)3-2-4-9(5-8,7(16)17)10(11,12)13/h2-3H,4-5H2,1H3,(H,14,15)(H,16,17). The second kappa shape index (κ2) is 3.94. The van der Waals surface area contributed by atoms with E-state index in [9.17, 15) is 18.4 Å². The molecule has 1 aliphatic carbocycles. The molecule has 0 saturated carbocycles. The summed E-state index contributed by atoms with van der Waals surface area (Å²) in [7, 11) is 0. The molecule has 0 spiro atoms. The first-order valence-electron chi connectivity index (χ1n) is 4.76. The highest BCUT2D eigenvalue weighted by Crippen LogP contribution is 2.53. The zero-order valence-electron chi connectivity index (χ0n) is 8.91. The molecule has 1 aliphatic rings. The number of aliphatic carboxylic acids is 2. The normalized spacial score (nSPS) is 33.4. The summed E-state index contributed by atoms with van der Waals surface area (Å²) in [5.41, 5.74) is -4.24. The van der Waals surface area contributed by atoms with E-state index in [1.807, 2.05) is 0 Å². The van der Waals surface area contributed by atoms with Crippen LogP contribution in [-0.4, -0.2) is 27.5 Å². The Hall–Kier alpha value is -1.17. The van der Waals surface area contributed by atoms with Crippen LogP contribution in [0.25, 0.3) is 0 Å². The molecule has 2 atom stereocenters. The minimum absolute atomic E-state index is 0.498. The molecule has 1 rings (SSSR count). The first-order chi connectivity index (χ1) is 7.55. The zero-order chi connectivity index (χ0) is 13.5. The van der Waals surface area contributed by atoms with E-state index in [1.165, 1.54) is 13.0 Å². The van der Waals surface area contributed by atoms with Crippen molar-refractivity contribution >= 4 is 23.5 Å². The van der Waals surface area contributed by atoms with Crippen molar-refractivity contribution in [2.24, 2.45) is 10.8 Å². The smallest absolute Gasteiger partial charge is 0.338 e. The van der Waals surface area contributed by atoms with Crippen LogP contribution < -0.4 is 0 Å². The van der Waals surface area contributed by atoms with Crippen molar-refractivity contribution < 1.29 is 28.6 Å². The van der Waals surface area contributed by atoms with Gasteiger partial charge >= 0.3 is 17.3 Å². The van der Waals surface area contributed by atoms with Gasteiger partial charge in [-0.2, -0.15) is 8.78 Å². The minimum atomic E-state index is -4.01. The SMILES string of the molecule is CC1(C(=O)O)C=CCC(C(=O)O)(C(F)(F)Cl)C1. The summed E-state index contributed by atoms with van der Waals surface area (Å²) in [6.45, 7) is 1.19. The molecule has 0 aromatic carbocycles. The molecule has 0 aromatic heterocycles. The molecule has 4 nitrogen and oxygen atoms in total. The maximum atomic E-state index is 13.3. The van der Waals surface area contributed by atoms with Crippen LogP contribution in [0, 0.1) is 10.8 Å². The van der Waals surface area contributed by atoms with Crippen molar-refractivity contribution in [1.82, 2.24) is 0 Å². The minimum Gasteiger partial charge on any atom is -0.481 e. The van der Waals surface area contributed by atoms with Gasteiger partial charge in [0.2, 0.25) is 0 Å². The molecular formula is C10H11ClF2O4. The highest BCUT2D eigenvalue weighted by atomic mass is 35.5. The molecule has 0 fully saturated rings. The van der Waals surface area contributed by atoms with Crippen molar-refractivity contribution in [3.05, 3.63) is 12.2 Å². The maximum absolute atomic E-state index is 13.3. The molecule has 2 unspecified atom stereocenters. The van der Waals surface area contributed by atoms with E-state index >= 15 is 0 Å². The number of carbonyl (C=O) groups is 2. The number of carboxylic acid groups (broad SMARTS) is 2. The Morgan fingerprint density at radius 1 is 1.35 bits per heavy atom. The predicted molar refractivity (Wildman–Crippen MR) is 55.0 cm³/mol. The third kappa shape index (κ3) is 2.13. The van der Waals surface area contributed by atoms with Crippen LogP contribution in [0.4, 0.5) is 8.78 Å². The highest BCUT2D eigenvalue weighted by Gasteiger charge is 2.62. The quantitative estimate of drug-likeness (QED) is 0.608. The van der Waals surface area contributed by atoms with Crippen LogP contribution in [-0.2, 0) is 9.59 Å². The molecule has 0 amide bonds. The zero-order valence-corrected chi connectivity index (χ0v) is 9.67. The number of carboxylic acids is 2. The average Bonchev–Trinajstić information content (AvgIpc) is 2.15. The molecular weight excluding hydrogens is 258 g/mol. The van der Waals surface area contributed by atoms with Gasteiger partial charge in [0.15, 0.2) is 5.41 Å². The van der Waals surface area contributed by atoms with Gasteiger partial charge in [-0.05, 0) is 31.4 Å². The van der Waals surface area contributed by atoms with Gasteiger partial charge in [0.25, 0.3) is 0 Å². The fourth-order valence-electron chi connectivity index (χ4n) is 1.93. The summed E-state index contributed by atoms with van der Waals surface area (Å²) in [6.07, 6.45) is 1.10. The summed E-state index contributed by atoms with van der Waals surface area (Å²) in [5, 5.41) is 13.9. The van der Waals surface area contributed by atoms with E-state index in [1.54, 1.807) is 0 Å². The lowest BCUT2D eigenvalue weighted by molar-refractivity contribution is -0.172. The van der Waals surface area contributed by atoms with E-state index < -0.39 is 41.0 Å². The van der Waals surface area contributed by atoms with Gasteiger partial charge in [0.05, 0.1) is 5.41 Å². The Bertz CT molecular complexity index is 390. The Morgan fingerprint density at radius 3 is 2.24 bits per heavy atom. The molecule has 0 radical (unpaired) electrons. The molecule has 0 heterocycles. The molecule has 17 heavy (non-hydrogen) atoms. The van der Waals surface area contributed by atoms with Crippen molar-refractivity contribution in [3.63, 3.8) is 0 Å². The maximum Gasteiger partial charge on any atom is 0.338 e. The van der Waals surface area contributed by atoms with Gasteiger partial charge in [-0.25, -0.2) is 0 Å². The fourth-order valence-corrected chi connectivity index (χ4v) is 2.15. The summed E-state index contributed by atoms with van der Waals surface area (Å²) in [6, 6.07) is 0. The Morgan fingerprint density at radius 2 is 1.88 bits per heavy atom. The van der Waals surface area contributed by atoms with E-state index in [0.717, 1.165) is 6.08 Å². The average molecular weight is 269 g/mol. The summed E-state index contributed by atoms with van der Waals surface area (Å²) < 4.78 is 26.6. The Kier molecular flexibility index (Phi) is 3.22. The van der Waals surface area contributed by atoms with Crippen LogP contribution in [0.2, 0.25) is 0 Å². The molecule has 0 bridgehead atoms. The lowest BCUT2D eigenvalue weighted by Gasteiger charge is -2.40. The van der Waals surface area contributed by atoms with Gasteiger partial charge in [-0.1, -0.05) is 12.2 Å². The van der Waals surface area contributed by atoms with Gasteiger partial charge < -0.3 is 10.2 Å². The number of allylic oxidation sites excluding steroid dienone is 1. The summed E-state index contributed by atoms with van der Waals surface area (Å²) in [5.74, 6) is -3.16. The van der Waals surface area contributed by atoms with Crippen molar-refractivity contribution in [1.29, 1.82) is 0 Å². The number of alkyl halides is 3. The number of hydrogen-bond acceptors (Lipinski definition) is 2. The van der Waals surface area contributed by atoms with Crippen molar-refractivity contribution in [3.8, 4) is 0 Å². The largest absolute Gasteiger partial charge is 0.481 e. The van der Waals surface area contributed by atoms with Crippen LogP contribution in [0.1, 0.15) is 19.8 Å². The predicted octanol–water partition coefficient (Wildman–Crippen LogP) is 2.33. The molecule has 0 saturated heterocycles. The number of halogens is 3. The Balaban J connectivity index is 3.27. The monoisotopic (exact) mass is 268 g/mol. The van der Waals surface area contributed by atoms with Crippen molar-refractivity contribution in [2.45, 2.75) is 25.1 Å². The molecule has 7 heteroatoms. The van der Waals surface area contributed by atoms with E-state index in [-0.39, 0.29) is 0 Å². The van der Waals surface area contributed by atoms with Gasteiger partial charge in [-0.3, -0.25) is 9.59 Å². The van der Waals surface area contributed by atoms with E-state index in [4.69, 9.17) is 21.8 Å². The second-order valence-electron chi connectivity index (χ2n) is 4.39. The van der Waals surface area contributed by atoms with Gasteiger partial charge in [-0.15, -0.1) is 0 Å².